The van der Waals surface area contributed by atoms with Gasteiger partial charge in [0.25, 0.3) is 0 Å². The molecule has 1 atom stereocenters. The van der Waals surface area contributed by atoms with E-state index < -0.39 is 0 Å². The fourth-order valence-electron chi connectivity index (χ4n) is 2.74. The van der Waals surface area contributed by atoms with Gasteiger partial charge in [0.2, 0.25) is 0 Å². The largest absolute Gasteiger partial charge is 0.380 e. The predicted molar refractivity (Wildman–Crippen MR) is 71.7 cm³/mol. The van der Waals surface area contributed by atoms with Crippen molar-refractivity contribution in [1.82, 2.24) is 4.90 Å². The first kappa shape index (κ1) is 16.5. The Kier molecular flexibility index (Phi) is 7.94. The van der Waals surface area contributed by atoms with E-state index in [1.165, 1.54) is 38.6 Å². The summed E-state index contributed by atoms with van der Waals surface area (Å²) in [6.07, 6.45) is 6.68. The maximum Gasteiger partial charge on any atom is 0.0710 e. The van der Waals surface area contributed by atoms with E-state index in [4.69, 9.17) is 10.5 Å². The van der Waals surface area contributed by atoms with Gasteiger partial charge in [-0.3, -0.25) is 4.90 Å². The fourth-order valence-corrected chi connectivity index (χ4v) is 2.74. The molecule has 98 valence electrons. The van der Waals surface area contributed by atoms with Crippen LogP contribution in [0.1, 0.15) is 32.1 Å². The number of nitrogens with two attached hydrogens (primary N) is 1. The monoisotopic (exact) mass is 270 g/mol. The minimum Gasteiger partial charge on any atom is -0.380 e. The highest BCUT2D eigenvalue weighted by molar-refractivity contribution is 5.85. The highest BCUT2D eigenvalue weighted by atomic mass is 35.5. The molecule has 0 amide bonds. The lowest BCUT2D eigenvalue weighted by Gasteiger charge is -2.33. The first-order chi connectivity index (χ1) is 6.79. The Morgan fingerprint density at radius 1 is 1.06 bits per heavy atom. The van der Waals surface area contributed by atoms with E-state index in [2.05, 4.69) is 4.90 Å². The lowest BCUT2D eigenvalue weighted by molar-refractivity contribution is 0.0943. The summed E-state index contributed by atoms with van der Waals surface area (Å²) in [4.78, 5) is 2.60. The fraction of sp³-hybridized carbons (Fsp3) is 1.00. The zero-order valence-electron chi connectivity index (χ0n) is 9.93. The molecule has 1 heterocycles. The molecule has 0 radical (unpaired) electrons. The van der Waals surface area contributed by atoms with Gasteiger partial charge in [-0.2, -0.15) is 0 Å². The maximum absolute atomic E-state index is 5.91. The van der Waals surface area contributed by atoms with Gasteiger partial charge in [0, 0.05) is 32.3 Å². The summed E-state index contributed by atoms with van der Waals surface area (Å²) in [5, 5.41) is 0. The van der Waals surface area contributed by atoms with Crippen LogP contribution in [0.5, 0.6) is 0 Å². The van der Waals surface area contributed by atoms with Crippen molar-refractivity contribution in [2.45, 2.75) is 50.3 Å². The van der Waals surface area contributed by atoms with Crippen LogP contribution >= 0.6 is 24.8 Å². The van der Waals surface area contributed by atoms with Gasteiger partial charge in [0.1, 0.15) is 0 Å². The second kappa shape index (κ2) is 7.72. The Morgan fingerprint density at radius 3 is 2.19 bits per heavy atom. The molecule has 2 N–H and O–H groups in total. The van der Waals surface area contributed by atoms with Crippen molar-refractivity contribution in [2.24, 2.45) is 5.73 Å². The summed E-state index contributed by atoms with van der Waals surface area (Å²) in [5.74, 6) is 0. The number of nitrogens with zero attached hydrogens (tertiary/aromatic N) is 1. The van der Waals surface area contributed by atoms with E-state index in [0.717, 1.165) is 12.6 Å². The topological polar surface area (TPSA) is 38.5 Å². The molecule has 0 aromatic carbocycles. The van der Waals surface area contributed by atoms with E-state index in [9.17, 15) is 0 Å². The summed E-state index contributed by atoms with van der Waals surface area (Å²) in [6.45, 7) is 2.36. The van der Waals surface area contributed by atoms with Gasteiger partial charge in [-0.15, -0.1) is 24.8 Å². The molecule has 1 aliphatic heterocycles. The SMILES string of the molecule is CO[C@@H]1CCN(C2CCC(N)CC2)C1.Cl.Cl. The Labute approximate surface area is 111 Å². The van der Waals surface area contributed by atoms with Crippen LogP contribution in [0.15, 0.2) is 0 Å². The average Bonchev–Trinajstić information content (AvgIpc) is 2.67. The van der Waals surface area contributed by atoms with Crippen molar-refractivity contribution in [3.05, 3.63) is 0 Å². The van der Waals surface area contributed by atoms with Crippen LogP contribution in [0.3, 0.4) is 0 Å². The second-order valence-corrected chi connectivity index (χ2v) is 4.71. The van der Waals surface area contributed by atoms with Crippen molar-refractivity contribution in [1.29, 1.82) is 0 Å². The molecular weight excluding hydrogens is 247 g/mol. The van der Waals surface area contributed by atoms with Gasteiger partial charge in [0.05, 0.1) is 6.10 Å². The van der Waals surface area contributed by atoms with Gasteiger partial charge in [-0.25, -0.2) is 0 Å². The van der Waals surface area contributed by atoms with Crippen LogP contribution in [-0.2, 0) is 4.74 Å². The molecule has 2 aliphatic rings. The van der Waals surface area contributed by atoms with Crippen molar-refractivity contribution >= 4 is 24.8 Å². The van der Waals surface area contributed by atoms with Crippen molar-refractivity contribution < 1.29 is 4.74 Å². The van der Waals surface area contributed by atoms with Gasteiger partial charge in [0.15, 0.2) is 0 Å². The maximum atomic E-state index is 5.91. The van der Waals surface area contributed by atoms with E-state index >= 15 is 0 Å². The molecule has 0 bridgehead atoms. The first-order valence-corrected chi connectivity index (χ1v) is 5.82. The molecule has 1 saturated carbocycles. The van der Waals surface area contributed by atoms with Crippen LogP contribution < -0.4 is 5.73 Å². The number of likely N-dealkylation sites (tertiary alicyclic amines) is 1. The minimum atomic E-state index is 0. The van der Waals surface area contributed by atoms with Gasteiger partial charge >= 0.3 is 0 Å². The summed E-state index contributed by atoms with van der Waals surface area (Å²) < 4.78 is 5.39. The lowest BCUT2D eigenvalue weighted by atomic mass is 9.91. The molecule has 16 heavy (non-hydrogen) atoms. The van der Waals surface area contributed by atoms with E-state index in [1.54, 1.807) is 0 Å². The standard InChI is InChI=1S/C11H22N2O.2ClH/c1-14-11-6-7-13(8-11)10-4-2-9(12)3-5-10;;/h9-11H,2-8,12H2,1H3;2*1H/t9?,10?,11-;;/m1../s1. The van der Waals surface area contributed by atoms with Crippen LogP contribution in [0.4, 0.5) is 0 Å². The van der Waals surface area contributed by atoms with E-state index in [0.29, 0.717) is 12.1 Å². The number of halogens is 2. The highest BCUT2D eigenvalue weighted by Crippen LogP contribution is 2.25. The molecule has 1 saturated heterocycles. The van der Waals surface area contributed by atoms with Gasteiger partial charge in [-0.05, 0) is 32.1 Å². The normalized spacial score (nSPS) is 35.2. The second-order valence-electron chi connectivity index (χ2n) is 4.71. The minimum absolute atomic E-state index is 0. The molecule has 3 nitrogen and oxygen atoms in total. The summed E-state index contributed by atoms with van der Waals surface area (Å²) in [6, 6.07) is 1.25. The predicted octanol–water partition coefficient (Wildman–Crippen LogP) is 1.82. The molecule has 2 fully saturated rings. The smallest absolute Gasteiger partial charge is 0.0710 e. The molecule has 0 unspecified atom stereocenters. The third-order valence-corrected chi connectivity index (χ3v) is 3.77. The molecule has 0 spiro atoms. The van der Waals surface area contributed by atoms with E-state index in [1.807, 2.05) is 7.11 Å². The molecule has 1 aliphatic carbocycles. The molecule has 0 aromatic heterocycles. The zero-order valence-corrected chi connectivity index (χ0v) is 11.6. The van der Waals surface area contributed by atoms with Crippen LogP contribution in [0, 0.1) is 0 Å². The number of methoxy groups -OCH3 is 1. The summed E-state index contributed by atoms with van der Waals surface area (Å²) in [7, 11) is 1.82. The summed E-state index contributed by atoms with van der Waals surface area (Å²) in [5.41, 5.74) is 5.91. The Balaban J connectivity index is 0.00000112. The van der Waals surface area contributed by atoms with Crippen LogP contribution in [-0.4, -0.2) is 43.3 Å². The number of rotatable bonds is 2. The zero-order chi connectivity index (χ0) is 9.97. The molecular formula is C11H24Cl2N2O. The summed E-state index contributed by atoms with van der Waals surface area (Å²) >= 11 is 0. The Morgan fingerprint density at radius 2 is 1.69 bits per heavy atom. The Bertz CT molecular complexity index is 187. The van der Waals surface area contributed by atoms with Gasteiger partial charge < -0.3 is 10.5 Å². The first-order valence-electron chi connectivity index (χ1n) is 5.82. The third kappa shape index (κ3) is 4.04. The van der Waals surface area contributed by atoms with Gasteiger partial charge in [-0.1, -0.05) is 0 Å². The Hall–Kier alpha value is 0.460. The van der Waals surface area contributed by atoms with Crippen LogP contribution in [0.2, 0.25) is 0 Å². The highest BCUT2D eigenvalue weighted by Gasteiger charge is 2.30. The number of ether oxygens (including phenoxy) is 1. The number of hydrogen-bond donors (Lipinski definition) is 1. The van der Waals surface area contributed by atoms with Crippen molar-refractivity contribution in [3.63, 3.8) is 0 Å². The number of hydrogen-bond acceptors (Lipinski definition) is 3. The molecule has 2 rings (SSSR count). The molecule has 5 heteroatoms. The molecule has 0 aromatic rings. The lowest BCUT2D eigenvalue weighted by Crippen LogP contribution is -2.40. The van der Waals surface area contributed by atoms with Crippen molar-refractivity contribution in [3.8, 4) is 0 Å². The third-order valence-electron chi connectivity index (χ3n) is 3.77. The van der Waals surface area contributed by atoms with Crippen LogP contribution in [0.25, 0.3) is 0 Å². The average molecular weight is 271 g/mol. The van der Waals surface area contributed by atoms with Crippen molar-refractivity contribution in [2.75, 3.05) is 20.2 Å². The quantitative estimate of drug-likeness (QED) is 0.832. The van der Waals surface area contributed by atoms with E-state index in [-0.39, 0.29) is 24.8 Å².